The number of halogens is 2. The van der Waals surface area contributed by atoms with Crippen LogP contribution in [0.1, 0.15) is 34.9 Å². The van der Waals surface area contributed by atoms with Gasteiger partial charge in [0.1, 0.15) is 17.7 Å². The summed E-state index contributed by atoms with van der Waals surface area (Å²) in [5.41, 5.74) is 2.51. The molecule has 5 rings (SSSR count). The van der Waals surface area contributed by atoms with Crippen molar-refractivity contribution in [1.29, 1.82) is 5.26 Å². The number of methoxy groups -OCH3 is 2. The normalized spacial score (nSPS) is 17.2. The predicted molar refractivity (Wildman–Crippen MR) is 108 cm³/mol. The van der Waals surface area contributed by atoms with Crippen LogP contribution in [0.15, 0.2) is 36.8 Å². The van der Waals surface area contributed by atoms with Crippen LogP contribution in [-0.4, -0.2) is 38.8 Å². The van der Waals surface area contributed by atoms with Crippen LogP contribution in [0.2, 0.25) is 0 Å². The van der Waals surface area contributed by atoms with Crippen molar-refractivity contribution in [3.8, 4) is 29.2 Å². The number of nitriles is 1. The first-order valence-electron chi connectivity index (χ1n) is 9.72. The zero-order chi connectivity index (χ0) is 22.4. The first-order chi connectivity index (χ1) is 15.5. The van der Waals surface area contributed by atoms with Crippen LogP contribution in [0, 0.1) is 23.0 Å². The van der Waals surface area contributed by atoms with Gasteiger partial charge in [-0.25, -0.2) is 23.3 Å². The molecule has 1 aliphatic rings. The molecule has 10 heteroatoms. The predicted octanol–water partition coefficient (Wildman–Crippen LogP) is 3.62. The molecule has 0 amide bonds. The fourth-order valence-corrected chi connectivity index (χ4v) is 3.94. The third-order valence-corrected chi connectivity index (χ3v) is 5.57. The Kier molecular flexibility index (Phi) is 4.66. The monoisotopic (exact) mass is 434 g/mol. The maximum Gasteiger partial charge on any atom is 0.319 e. The number of hydrogen-bond acceptors (Lipinski definition) is 7. The number of rotatable bonds is 5. The van der Waals surface area contributed by atoms with Crippen molar-refractivity contribution in [3.05, 3.63) is 65.1 Å². The second-order valence-electron chi connectivity index (χ2n) is 7.37. The Hall–Kier alpha value is -4.13. The lowest BCUT2D eigenvalue weighted by molar-refractivity contribution is 0.353. The SMILES string of the molecule is COc1ncc(-c2cc([C@H]3C[C@@H]3c3cc(F)c(C#N)cc3F)c3nccn3n2)c(OC)n1. The van der Waals surface area contributed by atoms with Crippen LogP contribution in [0.5, 0.6) is 11.9 Å². The highest BCUT2D eigenvalue weighted by Crippen LogP contribution is 2.56. The zero-order valence-electron chi connectivity index (χ0n) is 17.1. The fraction of sp³-hybridized carbons (Fsp3) is 0.227. The maximum atomic E-state index is 14.6. The van der Waals surface area contributed by atoms with Crippen LogP contribution < -0.4 is 9.47 Å². The van der Waals surface area contributed by atoms with Crippen molar-refractivity contribution in [3.63, 3.8) is 0 Å². The van der Waals surface area contributed by atoms with E-state index in [0.29, 0.717) is 29.2 Å². The van der Waals surface area contributed by atoms with E-state index in [4.69, 9.17) is 14.7 Å². The zero-order valence-corrected chi connectivity index (χ0v) is 17.1. The molecule has 8 nitrogen and oxygen atoms in total. The van der Waals surface area contributed by atoms with E-state index in [0.717, 1.165) is 17.7 Å². The molecule has 2 atom stereocenters. The fourth-order valence-electron chi connectivity index (χ4n) is 3.94. The minimum atomic E-state index is -0.726. The molecular formula is C22H16F2N6O2. The number of ether oxygens (including phenoxy) is 2. The van der Waals surface area contributed by atoms with E-state index in [9.17, 15) is 8.78 Å². The Morgan fingerprint density at radius 1 is 1.06 bits per heavy atom. The molecule has 1 saturated carbocycles. The summed E-state index contributed by atoms with van der Waals surface area (Å²) < 4.78 is 40.8. The molecule has 32 heavy (non-hydrogen) atoms. The maximum absolute atomic E-state index is 14.6. The third kappa shape index (κ3) is 3.19. The minimum Gasteiger partial charge on any atom is -0.480 e. The van der Waals surface area contributed by atoms with Gasteiger partial charge in [-0.15, -0.1) is 0 Å². The molecular weight excluding hydrogens is 418 g/mol. The summed E-state index contributed by atoms with van der Waals surface area (Å²) in [6, 6.07) is 5.73. The summed E-state index contributed by atoms with van der Waals surface area (Å²) >= 11 is 0. The number of nitrogens with zero attached hydrogens (tertiary/aromatic N) is 6. The van der Waals surface area contributed by atoms with E-state index in [1.807, 2.05) is 6.07 Å². The largest absolute Gasteiger partial charge is 0.480 e. The smallest absolute Gasteiger partial charge is 0.319 e. The molecule has 0 bridgehead atoms. The molecule has 1 fully saturated rings. The average Bonchev–Trinajstić information content (AvgIpc) is 3.46. The molecule has 0 N–H and O–H groups in total. The number of fused-ring (bicyclic) bond motifs is 1. The second-order valence-corrected chi connectivity index (χ2v) is 7.37. The summed E-state index contributed by atoms with van der Waals surface area (Å²) in [6.45, 7) is 0. The van der Waals surface area contributed by atoms with Gasteiger partial charge in [-0.1, -0.05) is 0 Å². The van der Waals surface area contributed by atoms with Crippen molar-refractivity contribution in [2.24, 2.45) is 0 Å². The first-order valence-corrected chi connectivity index (χ1v) is 9.72. The molecule has 0 saturated heterocycles. The Morgan fingerprint density at radius 2 is 1.88 bits per heavy atom. The number of imidazole rings is 1. The molecule has 4 aromatic rings. The Morgan fingerprint density at radius 3 is 2.62 bits per heavy atom. The van der Waals surface area contributed by atoms with E-state index in [1.165, 1.54) is 14.2 Å². The van der Waals surface area contributed by atoms with Crippen molar-refractivity contribution < 1.29 is 18.3 Å². The highest BCUT2D eigenvalue weighted by molar-refractivity contribution is 5.68. The van der Waals surface area contributed by atoms with Crippen LogP contribution in [-0.2, 0) is 0 Å². The second kappa shape index (κ2) is 7.53. The van der Waals surface area contributed by atoms with Gasteiger partial charge in [0.15, 0.2) is 5.65 Å². The summed E-state index contributed by atoms with van der Waals surface area (Å²) in [7, 11) is 2.95. The van der Waals surface area contributed by atoms with Crippen molar-refractivity contribution in [2.45, 2.75) is 18.3 Å². The average molecular weight is 434 g/mol. The van der Waals surface area contributed by atoms with E-state index in [1.54, 1.807) is 29.2 Å². The van der Waals surface area contributed by atoms with Gasteiger partial charge in [0.05, 0.1) is 31.0 Å². The summed E-state index contributed by atoms with van der Waals surface area (Å²) in [6.07, 6.45) is 5.50. The number of hydrogen-bond donors (Lipinski definition) is 0. The Balaban J connectivity index is 1.58. The van der Waals surface area contributed by atoms with Crippen molar-refractivity contribution in [1.82, 2.24) is 24.6 Å². The Labute approximate surface area is 181 Å². The van der Waals surface area contributed by atoms with Gasteiger partial charge in [-0.05, 0) is 42.0 Å². The highest BCUT2D eigenvalue weighted by atomic mass is 19.1. The molecule has 160 valence electrons. The first kappa shape index (κ1) is 19.8. The van der Waals surface area contributed by atoms with Crippen LogP contribution >= 0.6 is 0 Å². The summed E-state index contributed by atoms with van der Waals surface area (Å²) in [5, 5.41) is 13.5. The van der Waals surface area contributed by atoms with Gasteiger partial charge in [0, 0.05) is 24.2 Å². The molecule has 0 unspecified atom stereocenters. The molecule has 0 aliphatic heterocycles. The Bertz CT molecular complexity index is 1400. The molecule has 1 aliphatic carbocycles. The lowest BCUT2D eigenvalue weighted by Crippen LogP contribution is -2.03. The third-order valence-electron chi connectivity index (χ3n) is 5.57. The minimum absolute atomic E-state index is 0.0892. The number of benzene rings is 1. The van der Waals surface area contributed by atoms with Gasteiger partial charge >= 0.3 is 6.01 Å². The number of aromatic nitrogens is 5. The molecule has 0 radical (unpaired) electrons. The van der Waals surface area contributed by atoms with Gasteiger partial charge in [0.25, 0.3) is 0 Å². The van der Waals surface area contributed by atoms with Gasteiger partial charge in [-0.2, -0.15) is 15.3 Å². The van der Waals surface area contributed by atoms with Crippen molar-refractivity contribution >= 4 is 5.65 Å². The standard InChI is InChI=1S/C22H16F2N6O2/c1-31-21-16(10-27-22(28-21)32-2)19-8-15(20-26-3-4-30(20)29-19)13-6-12(13)14-7-17(23)11(9-25)5-18(14)24/h3-5,7-8,10,12-13H,6H2,1-2H3/t12-,13-/m0/s1. The van der Waals surface area contributed by atoms with Crippen LogP contribution in [0.4, 0.5) is 8.78 Å². The highest BCUT2D eigenvalue weighted by Gasteiger charge is 2.43. The topological polar surface area (TPSA) is 98.2 Å². The summed E-state index contributed by atoms with van der Waals surface area (Å²) in [5.74, 6) is -1.34. The van der Waals surface area contributed by atoms with Gasteiger partial charge in [-0.3, -0.25) is 0 Å². The van der Waals surface area contributed by atoms with Crippen LogP contribution in [0.25, 0.3) is 16.9 Å². The molecule has 1 aromatic carbocycles. The van der Waals surface area contributed by atoms with Crippen LogP contribution in [0.3, 0.4) is 0 Å². The lowest BCUT2D eigenvalue weighted by atomic mass is 10.0. The van der Waals surface area contributed by atoms with E-state index < -0.39 is 11.6 Å². The quantitative estimate of drug-likeness (QED) is 0.473. The van der Waals surface area contributed by atoms with Crippen molar-refractivity contribution in [2.75, 3.05) is 14.2 Å². The molecule has 0 spiro atoms. The lowest BCUT2D eigenvalue weighted by Gasteiger charge is -2.11. The van der Waals surface area contributed by atoms with Gasteiger partial charge in [0.2, 0.25) is 5.88 Å². The summed E-state index contributed by atoms with van der Waals surface area (Å²) in [4.78, 5) is 12.7. The molecule has 3 aromatic heterocycles. The molecule has 3 heterocycles. The van der Waals surface area contributed by atoms with E-state index >= 15 is 0 Å². The van der Waals surface area contributed by atoms with Gasteiger partial charge < -0.3 is 9.47 Å². The van der Waals surface area contributed by atoms with E-state index in [-0.39, 0.29) is 29.0 Å². The van der Waals surface area contributed by atoms with E-state index in [2.05, 4.69) is 20.1 Å².